The van der Waals surface area contributed by atoms with E-state index in [2.05, 4.69) is 5.10 Å². The number of rotatable bonds is 3. The summed E-state index contributed by atoms with van der Waals surface area (Å²) in [6.07, 6.45) is 3.19. The van der Waals surface area contributed by atoms with Crippen LogP contribution in [0.2, 0.25) is 10.0 Å². The van der Waals surface area contributed by atoms with E-state index in [9.17, 15) is 4.79 Å². The van der Waals surface area contributed by atoms with Crippen molar-refractivity contribution in [3.63, 3.8) is 0 Å². The van der Waals surface area contributed by atoms with Crippen LogP contribution in [-0.2, 0) is 7.05 Å². The molecule has 0 spiro atoms. The molecular weight excluding hydrogens is 295 g/mol. The van der Waals surface area contributed by atoms with Crippen LogP contribution in [-0.4, -0.2) is 15.6 Å². The number of carbonyl (C=O) groups excluding carboxylic acids is 1. The van der Waals surface area contributed by atoms with Gasteiger partial charge < -0.3 is 0 Å². The molecule has 0 N–H and O–H groups in total. The summed E-state index contributed by atoms with van der Waals surface area (Å²) in [5.74, 6) is -0.0842. The first kappa shape index (κ1) is 14.8. The molecule has 0 aliphatic heterocycles. The summed E-state index contributed by atoms with van der Waals surface area (Å²) >= 11 is 11.9. The lowest BCUT2D eigenvalue weighted by Gasteiger charge is -1.99. The molecule has 104 valence electrons. The number of hydrogen-bond acceptors (Lipinski definition) is 2. The summed E-state index contributed by atoms with van der Waals surface area (Å²) in [4.78, 5) is 12.2. The monoisotopic (exact) mass is 308 g/mol. The second-order valence-electron chi connectivity index (χ2n) is 4.53. The Morgan fingerprint density at radius 3 is 2.55 bits per heavy atom. The van der Waals surface area contributed by atoms with Gasteiger partial charge in [-0.1, -0.05) is 29.3 Å². The van der Waals surface area contributed by atoms with Crippen molar-refractivity contribution < 1.29 is 4.79 Å². The third-order valence-corrected chi connectivity index (χ3v) is 3.69. The van der Waals surface area contributed by atoms with E-state index >= 15 is 0 Å². The largest absolute Gasteiger partial charge is 0.289 e. The van der Waals surface area contributed by atoms with Crippen LogP contribution in [0.1, 0.15) is 27.3 Å². The highest BCUT2D eigenvalue weighted by atomic mass is 35.5. The molecular formula is C15H14Cl2N2O. The van der Waals surface area contributed by atoms with Gasteiger partial charge in [0, 0.05) is 22.8 Å². The van der Waals surface area contributed by atoms with Gasteiger partial charge >= 0.3 is 0 Å². The lowest BCUT2D eigenvalue weighted by atomic mass is 10.1. The van der Waals surface area contributed by atoms with Crippen LogP contribution in [0.25, 0.3) is 6.08 Å². The van der Waals surface area contributed by atoms with Gasteiger partial charge in [0.25, 0.3) is 0 Å². The third kappa shape index (κ3) is 2.94. The molecule has 2 rings (SSSR count). The number of aromatic nitrogens is 2. The SMILES string of the molecule is Cc1nn(C)c(C)c1C(=O)C=Cc1ccc(Cl)cc1Cl. The normalized spacial score (nSPS) is 11.2. The number of aryl methyl sites for hydroxylation is 2. The van der Waals surface area contributed by atoms with E-state index in [0.29, 0.717) is 15.6 Å². The molecule has 0 aliphatic carbocycles. The van der Waals surface area contributed by atoms with Gasteiger partial charge in [0.05, 0.1) is 11.3 Å². The van der Waals surface area contributed by atoms with Crippen LogP contribution >= 0.6 is 23.2 Å². The molecule has 3 nitrogen and oxygen atoms in total. The number of halogens is 2. The Bertz CT molecular complexity index is 702. The van der Waals surface area contributed by atoms with E-state index in [4.69, 9.17) is 23.2 Å². The number of hydrogen-bond donors (Lipinski definition) is 0. The Morgan fingerprint density at radius 2 is 2.00 bits per heavy atom. The Hall–Kier alpha value is -1.58. The van der Waals surface area contributed by atoms with E-state index in [1.807, 2.05) is 20.9 Å². The Morgan fingerprint density at radius 1 is 1.30 bits per heavy atom. The predicted molar refractivity (Wildman–Crippen MR) is 82.5 cm³/mol. The van der Waals surface area contributed by atoms with Crippen molar-refractivity contribution in [2.45, 2.75) is 13.8 Å². The van der Waals surface area contributed by atoms with Gasteiger partial charge in [-0.3, -0.25) is 9.48 Å². The van der Waals surface area contributed by atoms with Gasteiger partial charge in [-0.2, -0.15) is 5.10 Å². The maximum absolute atomic E-state index is 12.2. The van der Waals surface area contributed by atoms with Gasteiger partial charge in [0.2, 0.25) is 0 Å². The summed E-state index contributed by atoms with van der Waals surface area (Å²) in [5.41, 5.74) is 2.96. The van der Waals surface area contributed by atoms with E-state index < -0.39 is 0 Å². The number of allylic oxidation sites excluding steroid dienone is 1. The molecule has 20 heavy (non-hydrogen) atoms. The zero-order valence-electron chi connectivity index (χ0n) is 11.4. The molecule has 0 atom stereocenters. The summed E-state index contributed by atoms with van der Waals surface area (Å²) in [6, 6.07) is 5.16. The number of ketones is 1. The number of nitrogens with zero attached hydrogens (tertiary/aromatic N) is 2. The van der Waals surface area contributed by atoms with Crippen molar-refractivity contribution in [3.8, 4) is 0 Å². The van der Waals surface area contributed by atoms with Gasteiger partial charge in [-0.25, -0.2) is 0 Å². The van der Waals surface area contributed by atoms with Gasteiger partial charge in [0.15, 0.2) is 5.78 Å². The zero-order chi connectivity index (χ0) is 14.9. The lowest BCUT2D eigenvalue weighted by molar-refractivity contribution is 0.104. The van der Waals surface area contributed by atoms with Crippen LogP contribution < -0.4 is 0 Å². The molecule has 0 fully saturated rings. The predicted octanol–water partition coefficient (Wildman–Crippen LogP) is 4.24. The molecule has 0 aliphatic rings. The molecule has 0 saturated heterocycles. The Labute approximate surface area is 127 Å². The van der Waals surface area contributed by atoms with E-state index in [0.717, 1.165) is 17.0 Å². The Kier molecular flexibility index (Phi) is 4.31. The summed E-state index contributed by atoms with van der Waals surface area (Å²) in [7, 11) is 1.82. The molecule has 1 aromatic heterocycles. The van der Waals surface area contributed by atoms with Gasteiger partial charge in [-0.15, -0.1) is 0 Å². The summed E-state index contributed by atoms with van der Waals surface area (Å²) < 4.78 is 1.70. The zero-order valence-corrected chi connectivity index (χ0v) is 13.0. The highest BCUT2D eigenvalue weighted by molar-refractivity contribution is 6.35. The minimum Gasteiger partial charge on any atom is -0.289 e. The molecule has 0 unspecified atom stereocenters. The second-order valence-corrected chi connectivity index (χ2v) is 5.38. The fourth-order valence-corrected chi connectivity index (χ4v) is 2.49. The van der Waals surface area contributed by atoms with Gasteiger partial charge in [-0.05, 0) is 43.7 Å². The molecule has 0 amide bonds. The molecule has 1 heterocycles. The fourth-order valence-electron chi connectivity index (χ4n) is 2.02. The number of carbonyl (C=O) groups is 1. The van der Waals surface area contributed by atoms with Crippen LogP contribution in [0, 0.1) is 13.8 Å². The summed E-state index contributed by atoms with van der Waals surface area (Å²) in [6.45, 7) is 3.69. The van der Waals surface area contributed by atoms with Gasteiger partial charge in [0.1, 0.15) is 0 Å². The number of benzene rings is 1. The van der Waals surface area contributed by atoms with Crippen molar-refractivity contribution in [2.75, 3.05) is 0 Å². The molecule has 0 radical (unpaired) electrons. The van der Waals surface area contributed by atoms with Crippen LogP contribution in [0.3, 0.4) is 0 Å². The molecule has 1 aromatic carbocycles. The van der Waals surface area contributed by atoms with Crippen molar-refractivity contribution in [1.29, 1.82) is 0 Å². The highest BCUT2D eigenvalue weighted by Gasteiger charge is 2.14. The minimum atomic E-state index is -0.0842. The first-order valence-corrected chi connectivity index (χ1v) is 6.83. The van der Waals surface area contributed by atoms with Crippen molar-refractivity contribution in [1.82, 2.24) is 9.78 Å². The molecule has 0 saturated carbocycles. The van der Waals surface area contributed by atoms with Crippen molar-refractivity contribution in [3.05, 3.63) is 56.8 Å². The van der Waals surface area contributed by atoms with Crippen molar-refractivity contribution in [2.24, 2.45) is 7.05 Å². The first-order chi connectivity index (χ1) is 9.40. The van der Waals surface area contributed by atoms with E-state index in [1.54, 1.807) is 29.0 Å². The highest BCUT2D eigenvalue weighted by Crippen LogP contribution is 2.22. The standard InChI is InChI=1S/C15H14Cl2N2O/c1-9-15(10(2)19(3)18-9)14(20)7-5-11-4-6-12(16)8-13(11)17/h4-8H,1-3H3. The maximum atomic E-state index is 12.2. The van der Waals surface area contributed by atoms with E-state index in [-0.39, 0.29) is 5.78 Å². The second kappa shape index (κ2) is 5.81. The average Bonchev–Trinajstić information content (AvgIpc) is 2.62. The molecule has 5 heteroatoms. The topological polar surface area (TPSA) is 34.9 Å². The molecule has 2 aromatic rings. The smallest absolute Gasteiger partial charge is 0.189 e. The lowest BCUT2D eigenvalue weighted by Crippen LogP contribution is -1.99. The maximum Gasteiger partial charge on any atom is 0.189 e. The third-order valence-electron chi connectivity index (χ3n) is 3.13. The molecule has 0 bridgehead atoms. The summed E-state index contributed by atoms with van der Waals surface area (Å²) in [5, 5.41) is 5.32. The average molecular weight is 309 g/mol. The minimum absolute atomic E-state index is 0.0842. The van der Waals surface area contributed by atoms with Crippen LogP contribution in [0.15, 0.2) is 24.3 Å². The van der Waals surface area contributed by atoms with Crippen LogP contribution in [0.4, 0.5) is 0 Å². The quantitative estimate of drug-likeness (QED) is 0.628. The van der Waals surface area contributed by atoms with Crippen molar-refractivity contribution >= 4 is 35.1 Å². The first-order valence-electron chi connectivity index (χ1n) is 6.08. The Balaban J connectivity index is 2.29. The fraction of sp³-hybridized carbons (Fsp3) is 0.200. The van der Waals surface area contributed by atoms with Crippen LogP contribution in [0.5, 0.6) is 0 Å². The van der Waals surface area contributed by atoms with E-state index in [1.165, 1.54) is 6.08 Å².